The van der Waals surface area contributed by atoms with E-state index in [1.165, 1.54) is 148 Å². The maximum atomic E-state index is 13.1. The molecule has 8 N–H and O–H groups in total. The third-order valence-electron chi connectivity index (χ3n) is 13.0. The van der Waals surface area contributed by atoms with Crippen LogP contribution in [0.25, 0.3) is 0 Å². The highest BCUT2D eigenvalue weighted by Gasteiger charge is 2.44. The number of nitrogens with one attached hydrogen (secondary N) is 1. The Labute approximate surface area is 365 Å². The molecule has 354 valence electrons. The van der Waals surface area contributed by atoms with Crippen LogP contribution in [0, 0.1) is 11.8 Å². The summed E-state index contributed by atoms with van der Waals surface area (Å²) < 4.78 is 11.1. The van der Waals surface area contributed by atoms with Crippen LogP contribution in [-0.2, 0) is 14.3 Å². The number of carbonyl (C=O) groups excluding carboxylic acids is 1. The second-order valence-corrected chi connectivity index (χ2v) is 18.5. The lowest BCUT2D eigenvalue weighted by atomic mass is 9.99. The van der Waals surface area contributed by atoms with Gasteiger partial charge in [-0.2, -0.15) is 0 Å². The van der Waals surface area contributed by atoms with Gasteiger partial charge in [0.25, 0.3) is 0 Å². The van der Waals surface area contributed by atoms with Crippen LogP contribution in [0.1, 0.15) is 213 Å². The number of allylic oxidation sites excluding steroid dienone is 1. The van der Waals surface area contributed by atoms with E-state index >= 15 is 0 Å². The lowest BCUT2D eigenvalue weighted by Crippen LogP contribution is -2.60. The Morgan fingerprint density at radius 3 is 1.67 bits per heavy atom. The second kappa shape index (κ2) is 35.2. The summed E-state index contributed by atoms with van der Waals surface area (Å²) in [6.45, 7) is 3.44. The van der Waals surface area contributed by atoms with Gasteiger partial charge in [0, 0.05) is 0 Å². The van der Waals surface area contributed by atoms with Crippen molar-refractivity contribution in [2.75, 3.05) is 13.2 Å². The highest BCUT2D eigenvalue weighted by molar-refractivity contribution is 5.80. The molecule has 1 aliphatic heterocycles. The molecule has 2 aliphatic rings. The van der Waals surface area contributed by atoms with Crippen LogP contribution in [0.2, 0.25) is 0 Å². The van der Waals surface area contributed by atoms with Gasteiger partial charge in [0.05, 0.1) is 25.4 Å². The molecule has 0 aromatic rings. The van der Waals surface area contributed by atoms with Gasteiger partial charge < -0.3 is 50.5 Å². The zero-order valence-corrected chi connectivity index (χ0v) is 38.2. The maximum absolute atomic E-state index is 13.1. The number of hydrogen-bond donors (Lipinski definition) is 8. The van der Waals surface area contributed by atoms with Crippen molar-refractivity contribution < 1.29 is 50.0 Å². The van der Waals surface area contributed by atoms with Crippen LogP contribution in [0.5, 0.6) is 0 Å². The van der Waals surface area contributed by atoms with Crippen LogP contribution in [0.4, 0.5) is 0 Å². The number of carbonyl (C=O) groups is 1. The molecular weight excluding hydrogens is 763 g/mol. The third-order valence-corrected chi connectivity index (χ3v) is 13.0. The largest absolute Gasteiger partial charge is 0.394 e. The summed E-state index contributed by atoms with van der Waals surface area (Å²) in [4.78, 5) is 13.1. The first-order chi connectivity index (χ1) is 29.1. The van der Waals surface area contributed by atoms with Crippen molar-refractivity contribution >= 4 is 5.91 Å². The first kappa shape index (κ1) is 55.0. The first-order valence-corrected chi connectivity index (χ1v) is 25.1. The van der Waals surface area contributed by atoms with Crippen molar-refractivity contribution in [1.29, 1.82) is 0 Å². The second-order valence-electron chi connectivity index (χ2n) is 18.5. The zero-order valence-electron chi connectivity index (χ0n) is 38.2. The van der Waals surface area contributed by atoms with Crippen LogP contribution < -0.4 is 5.32 Å². The molecule has 1 aliphatic carbocycles. The van der Waals surface area contributed by atoms with Gasteiger partial charge in [0.15, 0.2) is 6.29 Å². The van der Waals surface area contributed by atoms with Crippen LogP contribution >= 0.6 is 0 Å². The van der Waals surface area contributed by atoms with Gasteiger partial charge in [-0.15, -0.1) is 0 Å². The van der Waals surface area contributed by atoms with Crippen LogP contribution in [0.3, 0.4) is 0 Å². The molecule has 0 spiro atoms. The average Bonchev–Trinajstić information content (AvgIpc) is 4.01. The average molecular weight is 856 g/mol. The van der Waals surface area contributed by atoms with E-state index in [2.05, 4.69) is 19.2 Å². The van der Waals surface area contributed by atoms with Gasteiger partial charge in [-0.1, -0.05) is 193 Å². The minimum absolute atomic E-state index is 0.136. The predicted molar refractivity (Wildman–Crippen MR) is 240 cm³/mol. The molecule has 0 unspecified atom stereocenters. The SMILES string of the molecule is CCCCCCCCCCCCCCCCCCCCCCC[C@@H](O)C(=O)N[C@@H](CO[C@@H]1O[C@H](CO)[C@@H](O)[C@H](O)[C@H]1O)[C@H](O)[C@H](O)C/C=C/CCCC[C@H]1C[C@@H]1CCCC. The smallest absolute Gasteiger partial charge is 0.249 e. The molecule has 1 saturated heterocycles. The third kappa shape index (κ3) is 24.6. The summed E-state index contributed by atoms with van der Waals surface area (Å²) in [6, 6.07) is -1.19. The number of hydrogen-bond acceptors (Lipinski definition) is 10. The number of rotatable bonds is 40. The predicted octanol–water partition coefficient (Wildman–Crippen LogP) is 8.31. The van der Waals surface area contributed by atoms with E-state index in [-0.39, 0.29) is 12.8 Å². The Morgan fingerprint density at radius 2 is 1.15 bits per heavy atom. The summed E-state index contributed by atoms with van der Waals surface area (Å²) in [5.41, 5.74) is 0. The molecule has 11 nitrogen and oxygen atoms in total. The molecule has 2 fully saturated rings. The molecule has 1 heterocycles. The minimum Gasteiger partial charge on any atom is -0.394 e. The fourth-order valence-electron chi connectivity index (χ4n) is 8.72. The monoisotopic (exact) mass is 856 g/mol. The normalized spacial score (nSPS) is 25.1. The Morgan fingerprint density at radius 1 is 0.650 bits per heavy atom. The van der Waals surface area contributed by atoms with Gasteiger partial charge in [0.2, 0.25) is 5.91 Å². The minimum atomic E-state index is -1.67. The molecule has 1 amide bonds. The van der Waals surface area contributed by atoms with Gasteiger partial charge >= 0.3 is 0 Å². The van der Waals surface area contributed by atoms with E-state index in [0.717, 1.165) is 43.9 Å². The topological polar surface area (TPSA) is 189 Å². The standard InChI is InChI=1S/C49H93NO10/c1-3-5-7-8-9-10-11-12-13-14-15-16-17-18-19-20-21-22-23-26-30-34-42(53)48(58)50-40(37-59-49-47(57)46(56)45(55)43(36-51)60-49)44(54)41(52)33-29-27-24-25-28-32-39-35-38(39)31-6-4-2/h27,29,38-47,49,51-57H,3-26,28,30-37H2,1-2H3,(H,50,58)/b29-27+/t38-,39-,40-,41+,42+,43+,44-,45+,46-,47+,49+/m0/s1. The Kier molecular flexibility index (Phi) is 32.3. The number of unbranched alkanes of at least 4 members (excludes halogenated alkanes) is 23. The Bertz CT molecular complexity index is 1050. The van der Waals surface area contributed by atoms with Crippen molar-refractivity contribution in [3.05, 3.63) is 12.2 Å². The summed E-state index contributed by atoms with van der Waals surface area (Å²) >= 11 is 0. The summed E-state index contributed by atoms with van der Waals surface area (Å²) in [5.74, 6) is 1.10. The van der Waals surface area contributed by atoms with Gasteiger partial charge in [-0.05, 0) is 43.9 Å². The molecule has 60 heavy (non-hydrogen) atoms. The fourth-order valence-corrected chi connectivity index (χ4v) is 8.72. The number of aliphatic hydroxyl groups is 7. The zero-order chi connectivity index (χ0) is 43.8. The number of ether oxygens (including phenoxy) is 2. The van der Waals surface area contributed by atoms with Crippen LogP contribution in [0.15, 0.2) is 12.2 Å². The van der Waals surface area contributed by atoms with E-state index in [4.69, 9.17) is 9.47 Å². The van der Waals surface area contributed by atoms with Gasteiger partial charge in [-0.25, -0.2) is 0 Å². The maximum Gasteiger partial charge on any atom is 0.249 e. The molecule has 11 heteroatoms. The summed E-state index contributed by atoms with van der Waals surface area (Å²) in [7, 11) is 0. The quantitative estimate of drug-likeness (QED) is 0.0220. The number of amides is 1. The van der Waals surface area contributed by atoms with Crippen molar-refractivity contribution in [3.8, 4) is 0 Å². The van der Waals surface area contributed by atoms with Gasteiger partial charge in [0.1, 0.15) is 36.6 Å². The lowest BCUT2D eigenvalue weighted by molar-refractivity contribution is -0.303. The Balaban J connectivity index is 1.64. The van der Waals surface area contributed by atoms with E-state index in [9.17, 15) is 40.5 Å². The van der Waals surface area contributed by atoms with E-state index in [0.29, 0.717) is 6.42 Å². The molecule has 0 aromatic heterocycles. The van der Waals surface area contributed by atoms with Crippen molar-refractivity contribution in [1.82, 2.24) is 5.32 Å². The van der Waals surface area contributed by atoms with E-state index < -0.39 is 74.2 Å². The molecule has 0 radical (unpaired) electrons. The highest BCUT2D eigenvalue weighted by atomic mass is 16.7. The summed E-state index contributed by atoms with van der Waals surface area (Å²) in [6.07, 6.45) is 29.1. The van der Waals surface area contributed by atoms with E-state index in [1.54, 1.807) is 0 Å². The molecule has 2 rings (SSSR count). The Hall–Kier alpha value is -1.15. The van der Waals surface area contributed by atoms with Crippen molar-refractivity contribution in [3.63, 3.8) is 0 Å². The number of aliphatic hydroxyl groups excluding tert-OH is 7. The van der Waals surface area contributed by atoms with Crippen molar-refractivity contribution in [2.24, 2.45) is 11.8 Å². The molecule has 0 bridgehead atoms. The molecular formula is C49H93NO10. The van der Waals surface area contributed by atoms with E-state index in [1.807, 2.05) is 12.2 Å². The fraction of sp³-hybridized carbons (Fsp3) is 0.939. The lowest BCUT2D eigenvalue weighted by Gasteiger charge is -2.40. The highest BCUT2D eigenvalue weighted by Crippen LogP contribution is 2.45. The summed E-state index contributed by atoms with van der Waals surface area (Å²) in [5, 5.41) is 75.7. The van der Waals surface area contributed by atoms with Crippen molar-refractivity contribution in [2.45, 2.75) is 268 Å². The van der Waals surface area contributed by atoms with Crippen LogP contribution in [-0.4, -0.2) is 110 Å². The molecule has 11 atom stereocenters. The molecule has 0 aromatic carbocycles. The molecule has 1 saturated carbocycles. The van der Waals surface area contributed by atoms with Gasteiger partial charge in [-0.3, -0.25) is 4.79 Å². The first-order valence-electron chi connectivity index (χ1n) is 25.1.